The summed E-state index contributed by atoms with van der Waals surface area (Å²) in [5, 5.41) is 6.15. The minimum atomic E-state index is -0.609. The van der Waals surface area contributed by atoms with Gasteiger partial charge in [0.1, 0.15) is 13.2 Å². The largest absolute Gasteiger partial charge is 0.486 e. The third kappa shape index (κ3) is 4.27. The van der Waals surface area contributed by atoms with E-state index in [1.54, 1.807) is 0 Å². The molecule has 0 aliphatic carbocycles. The molecule has 0 aromatic heterocycles. The molecule has 0 saturated carbocycles. The Hall–Kier alpha value is -1.46. The number of benzene rings is 1. The summed E-state index contributed by atoms with van der Waals surface area (Å²) >= 11 is 0. The minimum Gasteiger partial charge on any atom is -0.486 e. The predicted molar refractivity (Wildman–Crippen MR) is 89.3 cm³/mol. The molecular formula is C16H25ClN2O3. The Morgan fingerprint density at radius 3 is 2.55 bits per heavy atom. The van der Waals surface area contributed by atoms with Crippen LogP contribution >= 0.6 is 12.4 Å². The van der Waals surface area contributed by atoms with Crippen LogP contribution in [-0.4, -0.2) is 38.8 Å². The summed E-state index contributed by atoms with van der Waals surface area (Å²) in [6, 6.07) is 5.70. The van der Waals surface area contributed by atoms with Gasteiger partial charge in [0.2, 0.25) is 5.91 Å². The summed E-state index contributed by atoms with van der Waals surface area (Å²) < 4.78 is 11.1. The zero-order chi connectivity index (χ0) is 15.3. The Balaban J connectivity index is 0.00000242. The highest BCUT2D eigenvalue weighted by molar-refractivity contribution is 5.87. The van der Waals surface area contributed by atoms with E-state index in [4.69, 9.17) is 9.47 Å². The molecule has 124 valence electrons. The van der Waals surface area contributed by atoms with Crippen LogP contribution in [0.1, 0.15) is 26.3 Å². The molecule has 1 aliphatic rings. The quantitative estimate of drug-likeness (QED) is 0.783. The molecule has 5 nitrogen and oxygen atoms in total. The van der Waals surface area contributed by atoms with E-state index in [1.807, 2.05) is 39.0 Å². The van der Waals surface area contributed by atoms with Crippen molar-refractivity contribution in [1.29, 1.82) is 0 Å². The number of fused-ring (bicyclic) bond motifs is 1. The van der Waals surface area contributed by atoms with Crippen LogP contribution in [0, 0.1) is 0 Å². The van der Waals surface area contributed by atoms with E-state index in [0.717, 1.165) is 24.4 Å². The number of amides is 1. The van der Waals surface area contributed by atoms with Gasteiger partial charge in [0.25, 0.3) is 0 Å². The number of carbonyl (C=O) groups is 1. The van der Waals surface area contributed by atoms with Crippen LogP contribution in [0.3, 0.4) is 0 Å². The summed E-state index contributed by atoms with van der Waals surface area (Å²) in [6.45, 7) is 9.30. The van der Waals surface area contributed by atoms with Crippen molar-refractivity contribution in [2.75, 3.05) is 32.8 Å². The maximum Gasteiger partial charge on any atom is 0.230 e. The Kier molecular flexibility index (Phi) is 6.97. The lowest BCUT2D eigenvalue weighted by atomic mass is 9.83. The highest BCUT2D eigenvalue weighted by Crippen LogP contribution is 2.35. The first kappa shape index (κ1) is 18.6. The Labute approximate surface area is 138 Å². The zero-order valence-electron chi connectivity index (χ0n) is 13.4. The summed E-state index contributed by atoms with van der Waals surface area (Å²) in [4.78, 5) is 12.4. The second kappa shape index (κ2) is 8.25. The van der Waals surface area contributed by atoms with Gasteiger partial charge >= 0.3 is 0 Å². The predicted octanol–water partition coefficient (Wildman–Crippen LogP) is 1.88. The first-order chi connectivity index (χ1) is 10.1. The number of nitrogens with one attached hydrogen (secondary N) is 2. The summed E-state index contributed by atoms with van der Waals surface area (Å²) in [5.41, 5.74) is 0.315. The average Bonchev–Trinajstić information content (AvgIpc) is 2.50. The lowest BCUT2D eigenvalue weighted by Crippen LogP contribution is -2.42. The van der Waals surface area contributed by atoms with Crippen molar-refractivity contribution < 1.29 is 14.3 Å². The van der Waals surface area contributed by atoms with Crippen LogP contribution in [-0.2, 0) is 10.2 Å². The van der Waals surface area contributed by atoms with Crippen molar-refractivity contribution in [3.8, 4) is 11.5 Å². The Bertz CT molecular complexity index is 506. The molecule has 6 heteroatoms. The number of halogens is 1. The van der Waals surface area contributed by atoms with E-state index in [9.17, 15) is 4.79 Å². The molecule has 1 aromatic rings. The lowest BCUT2D eigenvalue weighted by Gasteiger charge is -2.26. The van der Waals surface area contributed by atoms with Gasteiger partial charge in [-0.2, -0.15) is 0 Å². The maximum absolute atomic E-state index is 12.4. The monoisotopic (exact) mass is 328 g/mol. The third-order valence-electron chi connectivity index (χ3n) is 3.67. The van der Waals surface area contributed by atoms with Crippen molar-refractivity contribution in [2.24, 2.45) is 0 Å². The molecule has 1 aromatic carbocycles. The molecule has 0 spiro atoms. The molecule has 2 rings (SSSR count). The van der Waals surface area contributed by atoms with Gasteiger partial charge in [0.05, 0.1) is 5.41 Å². The van der Waals surface area contributed by atoms with E-state index in [-0.39, 0.29) is 18.3 Å². The summed E-state index contributed by atoms with van der Waals surface area (Å²) in [5.74, 6) is 1.47. The first-order valence-electron chi connectivity index (χ1n) is 7.45. The van der Waals surface area contributed by atoms with Crippen molar-refractivity contribution in [1.82, 2.24) is 10.6 Å². The number of likely N-dealkylation sites (N-methyl/N-ethyl adjacent to an activating group) is 1. The second-order valence-electron chi connectivity index (χ2n) is 5.59. The second-order valence-corrected chi connectivity index (χ2v) is 5.59. The minimum absolute atomic E-state index is 0. The van der Waals surface area contributed by atoms with E-state index < -0.39 is 5.41 Å². The zero-order valence-corrected chi connectivity index (χ0v) is 14.2. The lowest BCUT2D eigenvalue weighted by molar-refractivity contribution is -0.125. The fourth-order valence-corrected chi connectivity index (χ4v) is 2.23. The fraction of sp³-hybridized carbons (Fsp3) is 0.562. The average molecular weight is 329 g/mol. The molecule has 0 bridgehead atoms. The van der Waals surface area contributed by atoms with Crippen molar-refractivity contribution in [3.05, 3.63) is 23.8 Å². The van der Waals surface area contributed by atoms with Gasteiger partial charge in [-0.3, -0.25) is 4.79 Å². The molecule has 1 aliphatic heterocycles. The third-order valence-corrected chi connectivity index (χ3v) is 3.67. The highest BCUT2D eigenvalue weighted by atomic mass is 35.5. The Morgan fingerprint density at radius 1 is 1.18 bits per heavy atom. The first-order valence-corrected chi connectivity index (χ1v) is 7.45. The standard InChI is InChI=1S/C16H24N2O3.ClH/c1-4-17-7-8-18-15(19)16(2,3)12-5-6-13-14(11-12)21-10-9-20-13;/h5-6,11,17H,4,7-10H2,1-3H3,(H,18,19);1H. The van der Waals surface area contributed by atoms with E-state index in [0.29, 0.717) is 25.5 Å². The van der Waals surface area contributed by atoms with Crippen LogP contribution in [0.2, 0.25) is 0 Å². The van der Waals surface area contributed by atoms with Gasteiger partial charge in [-0.25, -0.2) is 0 Å². The van der Waals surface area contributed by atoms with Crippen molar-refractivity contribution >= 4 is 18.3 Å². The maximum atomic E-state index is 12.4. The van der Waals surface area contributed by atoms with Crippen molar-refractivity contribution in [3.63, 3.8) is 0 Å². The normalized spacial score (nSPS) is 13.2. The van der Waals surface area contributed by atoms with Crippen LogP contribution in [0.15, 0.2) is 18.2 Å². The summed E-state index contributed by atoms with van der Waals surface area (Å²) in [7, 11) is 0. The highest BCUT2D eigenvalue weighted by Gasteiger charge is 2.30. The molecule has 0 radical (unpaired) electrons. The number of hydrogen-bond donors (Lipinski definition) is 2. The van der Waals surface area contributed by atoms with E-state index >= 15 is 0 Å². The molecule has 2 N–H and O–H groups in total. The molecule has 0 saturated heterocycles. The molecule has 0 fully saturated rings. The van der Waals surface area contributed by atoms with E-state index in [2.05, 4.69) is 10.6 Å². The van der Waals surface area contributed by atoms with Crippen LogP contribution in [0.5, 0.6) is 11.5 Å². The van der Waals surface area contributed by atoms with Crippen molar-refractivity contribution in [2.45, 2.75) is 26.2 Å². The molecule has 1 heterocycles. The Morgan fingerprint density at radius 2 is 1.86 bits per heavy atom. The fourth-order valence-electron chi connectivity index (χ4n) is 2.23. The summed E-state index contributed by atoms with van der Waals surface area (Å²) in [6.07, 6.45) is 0. The number of ether oxygens (including phenoxy) is 2. The topological polar surface area (TPSA) is 59.6 Å². The number of rotatable bonds is 6. The van der Waals surface area contributed by atoms with Gasteiger partial charge in [0, 0.05) is 13.1 Å². The van der Waals surface area contributed by atoms with Crippen LogP contribution < -0.4 is 20.1 Å². The van der Waals surface area contributed by atoms with Gasteiger partial charge < -0.3 is 20.1 Å². The SMILES string of the molecule is CCNCCNC(=O)C(C)(C)c1ccc2c(c1)OCCO2.Cl. The molecular weight excluding hydrogens is 304 g/mol. The number of carbonyl (C=O) groups excluding carboxylic acids is 1. The smallest absolute Gasteiger partial charge is 0.230 e. The molecule has 22 heavy (non-hydrogen) atoms. The van der Waals surface area contributed by atoms with Crippen LogP contribution in [0.25, 0.3) is 0 Å². The van der Waals surface area contributed by atoms with Gasteiger partial charge in [0.15, 0.2) is 11.5 Å². The van der Waals surface area contributed by atoms with Gasteiger partial charge in [-0.05, 0) is 38.1 Å². The van der Waals surface area contributed by atoms with Crippen LogP contribution in [0.4, 0.5) is 0 Å². The molecule has 1 amide bonds. The van der Waals surface area contributed by atoms with E-state index in [1.165, 1.54) is 0 Å². The van der Waals surface area contributed by atoms with Gasteiger partial charge in [-0.1, -0.05) is 13.0 Å². The number of hydrogen-bond acceptors (Lipinski definition) is 4. The molecule has 0 atom stereocenters. The van der Waals surface area contributed by atoms with Gasteiger partial charge in [-0.15, -0.1) is 12.4 Å². The molecule has 0 unspecified atom stereocenters.